The molecule has 1 saturated heterocycles. The van der Waals surface area contributed by atoms with Crippen LogP contribution in [-0.4, -0.2) is 34.3 Å². The van der Waals surface area contributed by atoms with Gasteiger partial charge in [-0.15, -0.1) is 0 Å². The van der Waals surface area contributed by atoms with Gasteiger partial charge in [-0.05, 0) is 32.6 Å². The highest BCUT2D eigenvalue weighted by Gasteiger charge is 2.57. The Morgan fingerprint density at radius 2 is 1.75 bits per heavy atom. The van der Waals surface area contributed by atoms with Gasteiger partial charge < -0.3 is 10.2 Å². The third-order valence-corrected chi connectivity index (χ3v) is 3.80. The number of hydrogen-bond acceptors (Lipinski definition) is 2. The summed E-state index contributed by atoms with van der Waals surface area (Å²) >= 11 is 0. The van der Waals surface area contributed by atoms with Crippen LogP contribution < -0.4 is 5.32 Å². The Bertz CT molecular complexity index is 360. The second-order valence-electron chi connectivity index (χ2n) is 6.21. The molecule has 2 fully saturated rings. The summed E-state index contributed by atoms with van der Waals surface area (Å²) in [6, 6.07) is -0.118. The first kappa shape index (κ1) is 11.4. The van der Waals surface area contributed by atoms with E-state index in [0.29, 0.717) is 0 Å². The molecule has 2 aliphatic rings. The molecule has 0 radical (unpaired) electrons. The SMILES string of the molecule is CC1C(=O)NC(C)(C)C(=O)N1C1CC1(C)C. The van der Waals surface area contributed by atoms with E-state index in [0.717, 1.165) is 6.42 Å². The van der Waals surface area contributed by atoms with Crippen LogP contribution in [0.2, 0.25) is 0 Å². The van der Waals surface area contributed by atoms with Crippen LogP contribution in [0.25, 0.3) is 0 Å². The molecule has 1 aliphatic heterocycles. The number of hydrogen-bond donors (Lipinski definition) is 1. The first-order valence-electron chi connectivity index (χ1n) is 5.81. The van der Waals surface area contributed by atoms with Crippen molar-refractivity contribution < 1.29 is 9.59 Å². The molecule has 2 amide bonds. The number of nitrogens with zero attached hydrogens (tertiary/aromatic N) is 1. The van der Waals surface area contributed by atoms with Gasteiger partial charge in [-0.1, -0.05) is 13.8 Å². The van der Waals surface area contributed by atoms with E-state index in [1.54, 1.807) is 25.7 Å². The number of carbonyl (C=O) groups is 2. The van der Waals surface area contributed by atoms with Gasteiger partial charge in [0.25, 0.3) is 0 Å². The zero-order chi connectivity index (χ0) is 12.3. The Kier molecular flexibility index (Phi) is 2.14. The molecule has 2 unspecified atom stereocenters. The van der Waals surface area contributed by atoms with Gasteiger partial charge in [-0.25, -0.2) is 0 Å². The maximum atomic E-state index is 12.3. The highest BCUT2D eigenvalue weighted by Crippen LogP contribution is 2.50. The van der Waals surface area contributed by atoms with Crippen LogP contribution in [0.15, 0.2) is 0 Å². The lowest BCUT2D eigenvalue weighted by Gasteiger charge is -2.42. The predicted molar refractivity (Wildman–Crippen MR) is 60.7 cm³/mol. The summed E-state index contributed by atoms with van der Waals surface area (Å²) in [5.74, 6) is -0.0116. The van der Waals surface area contributed by atoms with Crippen molar-refractivity contribution in [3.63, 3.8) is 0 Å². The molecule has 16 heavy (non-hydrogen) atoms. The van der Waals surface area contributed by atoms with Gasteiger partial charge in [-0.3, -0.25) is 9.59 Å². The lowest BCUT2D eigenvalue weighted by molar-refractivity contribution is -0.154. The first-order valence-corrected chi connectivity index (χ1v) is 5.81. The van der Waals surface area contributed by atoms with E-state index in [1.165, 1.54) is 0 Å². The smallest absolute Gasteiger partial charge is 0.248 e. The molecule has 0 spiro atoms. The molecule has 0 aromatic carbocycles. The Morgan fingerprint density at radius 1 is 1.25 bits per heavy atom. The molecule has 0 bridgehead atoms. The molecule has 1 aliphatic carbocycles. The molecule has 1 N–H and O–H groups in total. The number of piperazine rings is 1. The van der Waals surface area contributed by atoms with E-state index >= 15 is 0 Å². The van der Waals surface area contributed by atoms with E-state index in [9.17, 15) is 9.59 Å². The Hall–Kier alpha value is -1.06. The molecule has 2 atom stereocenters. The van der Waals surface area contributed by atoms with Crippen molar-refractivity contribution in [3.8, 4) is 0 Å². The predicted octanol–water partition coefficient (Wildman–Crippen LogP) is 0.910. The summed E-state index contributed by atoms with van der Waals surface area (Å²) in [6.07, 6.45) is 0.992. The molecule has 4 heteroatoms. The summed E-state index contributed by atoms with van der Waals surface area (Å²) in [6.45, 7) is 9.61. The summed E-state index contributed by atoms with van der Waals surface area (Å²) in [4.78, 5) is 25.9. The summed E-state index contributed by atoms with van der Waals surface area (Å²) in [5, 5.41) is 2.76. The highest BCUT2D eigenvalue weighted by molar-refractivity contribution is 5.99. The fourth-order valence-corrected chi connectivity index (χ4v) is 2.42. The van der Waals surface area contributed by atoms with Crippen LogP contribution in [0.1, 0.15) is 41.0 Å². The Labute approximate surface area is 96.4 Å². The molecule has 2 rings (SSSR count). The van der Waals surface area contributed by atoms with Crippen molar-refractivity contribution in [1.29, 1.82) is 0 Å². The van der Waals surface area contributed by atoms with Crippen LogP contribution in [0.3, 0.4) is 0 Å². The van der Waals surface area contributed by atoms with Gasteiger partial charge in [0.2, 0.25) is 11.8 Å². The van der Waals surface area contributed by atoms with E-state index < -0.39 is 5.54 Å². The van der Waals surface area contributed by atoms with Crippen LogP contribution >= 0.6 is 0 Å². The van der Waals surface area contributed by atoms with Gasteiger partial charge in [0, 0.05) is 6.04 Å². The lowest BCUT2D eigenvalue weighted by Crippen LogP contribution is -2.68. The average molecular weight is 224 g/mol. The van der Waals surface area contributed by atoms with Crippen LogP contribution in [-0.2, 0) is 9.59 Å². The molecular weight excluding hydrogens is 204 g/mol. The number of nitrogens with one attached hydrogen (secondary N) is 1. The number of amides is 2. The standard InChI is InChI=1S/C12H20N2O2/c1-7-9(15)13-12(4,5)10(16)14(7)8-6-11(8,2)3/h7-8H,6H2,1-5H3,(H,13,15). The van der Waals surface area contributed by atoms with E-state index in [-0.39, 0.29) is 29.3 Å². The van der Waals surface area contributed by atoms with Crippen molar-refractivity contribution in [1.82, 2.24) is 10.2 Å². The molecule has 1 heterocycles. The van der Waals surface area contributed by atoms with Crippen LogP contribution in [0.4, 0.5) is 0 Å². The maximum absolute atomic E-state index is 12.3. The highest BCUT2D eigenvalue weighted by atomic mass is 16.2. The molecule has 90 valence electrons. The number of carbonyl (C=O) groups excluding carboxylic acids is 2. The summed E-state index contributed by atoms with van der Waals surface area (Å²) < 4.78 is 0. The zero-order valence-electron chi connectivity index (χ0n) is 10.6. The normalized spacial score (nSPS) is 35.9. The minimum Gasteiger partial charge on any atom is -0.340 e. The van der Waals surface area contributed by atoms with Crippen molar-refractivity contribution in [3.05, 3.63) is 0 Å². The second-order valence-corrected chi connectivity index (χ2v) is 6.21. The van der Waals surface area contributed by atoms with Gasteiger partial charge in [-0.2, -0.15) is 0 Å². The Balaban J connectivity index is 2.28. The first-order chi connectivity index (χ1) is 7.17. The van der Waals surface area contributed by atoms with Crippen LogP contribution in [0.5, 0.6) is 0 Å². The van der Waals surface area contributed by atoms with Crippen molar-refractivity contribution in [2.45, 2.75) is 58.7 Å². The monoisotopic (exact) mass is 224 g/mol. The van der Waals surface area contributed by atoms with E-state index in [2.05, 4.69) is 19.2 Å². The fourth-order valence-electron chi connectivity index (χ4n) is 2.42. The third-order valence-electron chi connectivity index (χ3n) is 3.80. The van der Waals surface area contributed by atoms with Gasteiger partial charge in [0.05, 0.1) is 0 Å². The molecule has 0 aromatic heterocycles. The van der Waals surface area contributed by atoms with Crippen molar-refractivity contribution in [2.24, 2.45) is 5.41 Å². The third kappa shape index (κ3) is 1.51. The Morgan fingerprint density at radius 3 is 2.19 bits per heavy atom. The molecule has 1 saturated carbocycles. The van der Waals surface area contributed by atoms with Crippen molar-refractivity contribution >= 4 is 11.8 Å². The van der Waals surface area contributed by atoms with Crippen molar-refractivity contribution in [2.75, 3.05) is 0 Å². The van der Waals surface area contributed by atoms with E-state index in [4.69, 9.17) is 0 Å². The van der Waals surface area contributed by atoms with Crippen LogP contribution in [0, 0.1) is 5.41 Å². The van der Waals surface area contributed by atoms with E-state index in [1.807, 2.05) is 0 Å². The second kappa shape index (κ2) is 2.99. The largest absolute Gasteiger partial charge is 0.340 e. The van der Waals surface area contributed by atoms with Gasteiger partial charge >= 0.3 is 0 Å². The summed E-state index contributed by atoms with van der Waals surface area (Å²) in [5.41, 5.74) is -0.597. The topological polar surface area (TPSA) is 49.4 Å². The summed E-state index contributed by atoms with van der Waals surface area (Å²) in [7, 11) is 0. The number of rotatable bonds is 1. The maximum Gasteiger partial charge on any atom is 0.248 e. The molecule has 4 nitrogen and oxygen atoms in total. The zero-order valence-corrected chi connectivity index (χ0v) is 10.6. The lowest BCUT2D eigenvalue weighted by atomic mass is 9.96. The fraction of sp³-hybridized carbons (Fsp3) is 0.833. The molecular formula is C12H20N2O2. The quantitative estimate of drug-likeness (QED) is 0.719. The van der Waals surface area contributed by atoms with Gasteiger partial charge in [0.1, 0.15) is 11.6 Å². The minimum absolute atomic E-state index is 0.0372. The molecule has 0 aromatic rings. The van der Waals surface area contributed by atoms with Gasteiger partial charge in [0.15, 0.2) is 0 Å². The average Bonchev–Trinajstić information content (AvgIpc) is 2.72. The minimum atomic E-state index is -0.762.